The van der Waals surface area contributed by atoms with E-state index >= 15 is 0 Å². The van der Waals surface area contributed by atoms with Gasteiger partial charge in [0.2, 0.25) is 5.91 Å². The molecule has 3 aromatic rings. The van der Waals surface area contributed by atoms with Crippen LogP contribution < -0.4 is 0 Å². The highest BCUT2D eigenvalue weighted by atomic mass is 19.4. The first-order valence-electron chi connectivity index (χ1n) is 12.5. The number of aromatic nitrogens is 3. The van der Waals surface area contributed by atoms with Crippen LogP contribution in [0.3, 0.4) is 0 Å². The van der Waals surface area contributed by atoms with E-state index in [0.29, 0.717) is 30.7 Å². The molecule has 2 aliphatic rings. The van der Waals surface area contributed by atoms with Gasteiger partial charge in [-0.15, -0.1) is 10.2 Å². The van der Waals surface area contributed by atoms with Gasteiger partial charge in [0.1, 0.15) is 18.5 Å². The van der Waals surface area contributed by atoms with Crippen LogP contribution in [0.5, 0.6) is 0 Å². The molecular formula is C27H25F7N4O2. The van der Waals surface area contributed by atoms with Crippen molar-refractivity contribution in [2.24, 2.45) is 5.41 Å². The Balaban J connectivity index is 1.46. The minimum absolute atomic E-state index is 0.0680. The van der Waals surface area contributed by atoms with Crippen molar-refractivity contribution in [1.29, 1.82) is 0 Å². The van der Waals surface area contributed by atoms with Crippen molar-refractivity contribution in [2.45, 2.75) is 63.3 Å². The van der Waals surface area contributed by atoms with Gasteiger partial charge in [0.25, 0.3) is 0 Å². The van der Waals surface area contributed by atoms with E-state index in [1.807, 2.05) is 6.92 Å². The molecule has 13 heteroatoms. The normalized spacial score (nSPS) is 25.9. The van der Waals surface area contributed by atoms with Crippen molar-refractivity contribution in [3.63, 3.8) is 0 Å². The molecule has 214 valence electrons. The van der Waals surface area contributed by atoms with E-state index in [1.54, 1.807) is 21.6 Å². The lowest BCUT2D eigenvalue weighted by molar-refractivity contribution is -0.143. The highest BCUT2D eigenvalue weighted by Crippen LogP contribution is 2.50. The third kappa shape index (κ3) is 5.30. The fourth-order valence-corrected chi connectivity index (χ4v) is 5.89. The summed E-state index contributed by atoms with van der Waals surface area (Å²) in [6.07, 6.45) is -8.54. The van der Waals surface area contributed by atoms with Crippen LogP contribution in [0.2, 0.25) is 0 Å². The number of alkyl halides is 6. The third-order valence-electron chi connectivity index (χ3n) is 7.74. The number of carbonyl (C=O) groups excluding carboxylic acids is 1. The molecule has 3 heterocycles. The quantitative estimate of drug-likeness (QED) is 0.341. The summed E-state index contributed by atoms with van der Waals surface area (Å²) >= 11 is 0. The molecule has 5 rings (SSSR count). The van der Waals surface area contributed by atoms with Gasteiger partial charge in [-0.05, 0) is 61.7 Å². The lowest BCUT2D eigenvalue weighted by Crippen LogP contribution is -2.37. The summed E-state index contributed by atoms with van der Waals surface area (Å²) in [4.78, 5) is 15.2. The van der Waals surface area contributed by atoms with Crippen molar-refractivity contribution >= 4 is 5.91 Å². The van der Waals surface area contributed by atoms with Crippen molar-refractivity contribution in [1.82, 2.24) is 19.7 Å². The Morgan fingerprint density at radius 2 is 1.57 bits per heavy atom. The van der Waals surface area contributed by atoms with Crippen molar-refractivity contribution in [3.8, 4) is 0 Å². The fraction of sp³-hybridized carbons (Fsp3) is 0.444. The first kappa shape index (κ1) is 28.1. The molecule has 1 amide bonds. The maximum atomic E-state index is 13.7. The second-order valence-electron chi connectivity index (χ2n) is 10.7. The molecule has 0 bridgehead atoms. The van der Waals surface area contributed by atoms with Gasteiger partial charge >= 0.3 is 12.4 Å². The Labute approximate surface area is 224 Å². The molecule has 0 saturated carbocycles. The molecule has 0 spiro atoms. The molecule has 6 nitrogen and oxygen atoms in total. The average molecular weight is 571 g/mol. The molecule has 2 unspecified atom stereocenters. The standard InChI is InChI=1S/C27H25F7N4O2/c1-15(17-7-18(26(29,30)31)9-19(8-17)27(32,33)34)40-22-11-38-21(23(22)16-3-5-20(28)6-4-16)10-25(2,24(38)39)12-37-13-35-36-14-37/h3-9,13-15,21-23H,10-12H2,1-2H3/t15-,21+,22+,23?,25?/m1/s1. The molecule has 0 N–H and O–H groups in total. The molecule has 2 aromatic carbocycles. The van der Waals surface area contributed by atoms with Gasteiger partial charge in [0.05, 0.1) is 28.7 Å². The van der Waals surface area contributed by atoms with Crippen molar-refractivity contribution in [2.75, 3.05) is 6.54 Å². The van der Waals surface area contributed by atoms with E-state index in [0.717, 1.165) is 0 Å². The van der Waals surface area contributed by atoms with Crippen molar-refractivity contribution < 1.29 is 40.3 Å². The zero-order chi connectivity index (χ0) is 29.0. The molecule has 0 aliphatic carbocycles. The monoisotopic (exact) mass is 570 g/mol. The number of nitrogens with zero attached hydrogens (tertiary/aromatic N) is 4. The number of ether oxygens (including phenoxy) is 1. The fourth-order valence-electron chi connectivity index (χ4n) is 5.89. The first-order valence-corrected chi connectivity index (χ1v) is 12.5. The van der Waals surface area contributed by atoms with E-state index in [1.165, 1.54) is 31.7 Å². The van der Waals surface area contributed by atoms with Gasteiger partial charge in [0.15, 0.2) is 0 Å². The Kier molecular flexibility index (Phi) is 6.92. The Hall–Kier alpha value is -3.48. The minimum atomic E-state index is -5.00. The minimum Gasteiger partial charge on any atom is -0.368 e. The molecule has 1 aromatic heterocycles. The molecular weight excluding hydrogens is 545 g/mol. The summed E-state index contributed by atoms with van der Waals surface area (Å²) < 4.78 is 102. The van der Waals surface area contributed by atoms with Crippen LogP contribution in [-0.4, -0.2) is 44.3 Å². The smallest absolute Gasteiger partial charge is 0.368 e. The molecule has 0 radical (unpaired) electrons. The van der Waals surface area contributed by atoms with Gasteiger partial charge in [-0.2, -0.15) is 26.3 Å². The summed E-state index contributed by atoms with van der Waals surface area (Å²) in [6, 6.07) is 6.59. The Morgan fingerprint density at radius 1 is 1.00 bits per heavy atom. The van der Waals surface area contributed by atoms with Gasteiger partial charge in [-0.25, -0.2) is 4.39 Å². The summed E-state index contributed by atoms with van der Waals surface area (Å²) in [7, 11) is 0. The number of rotatable bonds is 6. The summed E-state index contributed by atoms with van der Waals surface area (Å²) in [5, 5.41) is 7.54. The summed E-state index contributed by atoms with van der Waals surface area (Å²) in [5.74, 6) is -1.15. The number of hydrogen-bond donors (Lipinski definition) is 0. The molecule has 5 atom stereocenters. The lowest BCUT2D eigenvalue weighted by Gasteiger charge is -2.29. The van der Waals surface area contributed by atoms with Crippen LogP contribution in [0, 0.1) is 11.2 Å². The maximum Gasteiger partial charge on any atom is 0.416 e. The van der Waals surface area contributed by atoms with Crippen LogP contribution in [0.4, 0.5) is 30.7 Å². The van der Waals surface area contributed by atoms with Crippen LogP contribution in [-0.2, 0) is 28.4 Å². The summed E-state index contributed by atoms with van der Waals surface area (Å²) in [5.41, 5.74) is -3.34. The Morgan fingerprint density at radius 3 is 2.12 bits per heavy atom. The number of benzene rings is 2. The predicted molar refractivity (Wildman–Crippen MR) is 127 cm³/mol. The number of amides is 1. The van der Waals surface area contributed by atoms with E-state index in [2.05, 4.69) is 10.2 Å². The molecule has 2 fully saturated rings. The van der Waals surface area contributed by atoms with E-state index < -0.39 is 52.8 Å². The lowest BCUT2D eigenvalue weighted by atomic mass is 9.80. The number of hydrogen-bond acceptors (Lipinski definition) is 4. The van der Waals surface area contributed by atoms with Crippen LogP contribution in [0.1, 0.15) is 54.5 Å². The SMILES string of the molecule is C[C@@H](O[C@H]1CN2C(=O)C(C)(Cn3cnnc3)C[C@H]2C1c1ccc(F)cc1)c1cc(C(F)(F)F)cc(C(F)(F)F)c1. The average Bonchev–Trinajstić information content (AvgIpc) is 3.55. The number of carbonyl (C=O) groups is 1. The second-order valence-corrected chi connectivity index (χ2v) is 10.7. The third-order valence-corrected chi connectivity index (χ3v) is 7.74. The van der Waals surface area contributed by atoms with Gasteiger partial charge in [-0.3, -0.25) is 4.79 Å². The van der Waals surface area contributed by atoms with Gasteiger partial charge < -0.3 is 14.2 Å². The van der Waals surface area contributed by atoms with Gasteiger partial charge in [0, 0.05) is 25.0 Å². The molecule has 2 aliphatic heterocycles. The van der Waals surface area contributed by atoms with E-state index in [-0.39, 0.29) is 30.1 Å². The van der Waals surface area contributed by atoms with Crippen molar-refractivity contribution in [3.05, 3.63) is 83.2 Å². The zero-order valence-electron chi connectivity index (χ0n) is 21.4. The van der Waals surface area contributed by atoms with E-state index in [4.69, 9.17) is 4.74 Å². The number of fused-ring (bicyclic) bond motifs is 1. The topological polar surface area (TPSA) is 60.2 Å². The first-order chi connectivity index (χ1) is 18.7. The van der Waals surface area contributed by atoms with E-state index in [9.17, 15) is 35.5 Å². The van der Waals surface area contributed by atoms with Crippen LogP contribution in [0.15, 0.2) is 55.1 Å². The highest BCUT2D eigenvalue weighted by molar-refractivity contribution is 5.85. The second kappa shape index (κ2) is 9.86. The summed E-state index contributed by atoms with van der Waals surface area (Å²) in [6.45, 7) is 3.57. The van der Waals surface area contributed by atoms with Crippen LogP contribution in [0.25, 0.3) is 0 Å². The molecule has 2 saturated heterocycles. The van der Waals surface area contributed by atoms with Crippen LogP contribution >= 0.6 is 0 Å². The molecule has 40 heavy (non-hydrogen) atoms. The Bertz CT molecular complexity index is 1340. The predicted octanol–water partition coefficient (Wildman–Crippen LogP) is 6.01. The number of halogens is 7. The zero-order valence-corrected chi connectivity index (χ0v) is 21.4. The largest absolute Gasteiger partial charge is 0.416 e. The highest BCUT2D eigenvalue weighted by Gasteiger charge is 2.57. The van der Waals surface area contributed by atoms with Gasteiger partial charge in [-0.1, -0.05) is 12.1 Å². The maximum absolute atomic E-state index is 13.7.